The Morgan fingerprint density at radius 1 is 1.40 bits per heavy atom. The van der Waals surface area contributed by atoms with Crippen LogP contribution in [0.15, 0.2) is 24.3 Å². The van der Waals surface area contributed by atoms with E-state index in [4.69, 9.17) is 16.7 Å². The third kappa shape index (κ3) is 2.72. The van der Waals surface area contributed by atoms with Crippen molar-refractivity contribution in [2.45, 2.75) is 25.2 Å². The average molecular weight is 225 g/mol. The number of hydrogen-bond donors (Lipinski definition) is 1. The van der Waals surface area contributed by atoms with E-state index in [1.807, 2.05) is 24.3 Å². The van der Waals surface area contributed by atoms with Crippen molar-refractivity contribution in [3.05, 3.63) is 34.9 Å². The lowest BCUT2D eigenvalue weighted by atomic mass is 9.91. The highest BCUT2D eigenvalue weighted by Gasteiger charge is 2.33. The Morgan fingerprint density at radius 2 is 2.00 bits per heavy atom. The van der Waals surface area contributed by atoms with Crippen molar-refractivity contribution in [3.8, 4) is 0 Å². The fourth-order valence-corrected chi connectivity index (χ4v) is 2.08. The summed E-state index contributed by atoms with van der Waals surface area (Å²) in [6.45, 7) is 0. The third-order valence-corrected chi connectivity index (χ3v) is 3.14. The topological polar surface area (TPSA) is 37.3 Å². The fourth-order valence-electron chi connectivity index (χ4n) is 1.95. The standard InChI is InChI=1S/C12H13ClO2/c13-10-5-3-9(4-6-10)11(7-12(14)15)8-1-2-8/h3-6,8,11H,1-2,7H2,(H,14,15)/t11-/m0/s1. The summed E-state index contributed by atoms with van der Waals surface area (Å²) in [6.07, 6.45) is 2.54. The van der Waals surface area contributed by atoms with Gasteiger partial charge in [0.1, 0.15) is 0 Å². The summed E-state index contributed by atoms with van der Waals surface area (Å²) in [6, 6.07) is 7.53. The lowest BCUT2D eigenvalue weighted by Gasteiger charge is -2.14. The number of carboxylic acids is 1. The van der Waals surface area contributed by atoms with E-state index in [1.54, 1.807) is 0 Å². The highest BCUT2D eigenvalue weighted by atomic mass is 35.5. The maximum Gasteiger partial charge on any atom is 0.303 e. The predicted molar refractivity (Wildman–Crippen MR) is 59.2 cm³/mol. The van der Waals surface area contributed by atoms with E-state index in [0.29, 0.717) is 10.9 Å². The molecule has 0 heterocycles. The zero-order chi connectivity index (χ0) is 10.8. The van der Waals surface area contributed by atoms with Crippen molar-refractivity contribution in [3.63, 3.8) is 0 Å². The summed E-state index contributed by atoms with van der Waals surface area (Å²) in [5.74, 6) is 0.00360. The molecule has 0 saturated heterocycles. The molecular weight excluding hydrogens is 212 g/mol. The molecule has 0 aliphatic heterocycles. The lowest BCUT2D eigenvalue weighted by molar-refractivity contribution is -0.137. The molecule has 1 atom stereocenters. The van der Waals surface area contributed by atoms with E-state index in [1.165, 1.54) is 0 Å². The Balaban J connectivity index is 2.16. The number of carboxylic acid groups (broad SMARTS) is 1. The van der Waals surface area contributed by atoms with Gasteiger partial charge in [-0.15, -0.1) is 0 Å². The third-order valence-electron chi connectivity index (χ3n) is 2.88. The summed E-state index contributed by atoms with van der Waals surface area (Å²) < 4.78 is 0. The minimum absolute atomic E-state index is 0.166. The van der Waals surface area contributed by atoms with Crippen LogP contribution in [0.4, 0.5) is 0 Å². The minimum atomic E-state index is -0.721. The number of hydrogen-bond acceptors (Lipinski definition) is 1. The second kappa shape index (κ2) is 4.23. The molecule has 1 saturated carbocycles. The van der Waals surface area contributed by atoms with Gasteiger partial charge in [0.2, 0.25) is 0 Å². The summed E-state index contributed by atoms with van der Waals surface area (Å²) in [5.41, 5.74) is 1.10. The van der Waals surface area contributed by atoms with Gasteiger partial charge in [-0.2, -0.15) is 0 Å². The quantitative estimate of drug-likeness (QED) is 0.852. The van der Waals surface area contributed by atoms with Gasteiger partial charge in [0.25, 0.3) is 0 Å². The highest BCUT2D eigenvalue weighted by Crippen LogP contribution is 2.44. The molecule has 0 spiro atoms. The molecule has 0 amide bonds. The first-order chi connectivity index (χ1) is 7.16. The second-order valence-electron chi connectivity index (χ2n) is 4.09. The Bertz CT molecular complexity index is 354. The molecule has 1 aliphatic rings. The van der Waals surface area contributed by atoms with Crippen molar-refractivity contribution in [1.82, 2.24) is 0 Å². The molecule has 80 valence electrons. The van der Waals surface area contributed by atoms with Gasteiger partial charge in [-0.05, 0) is 42.4 Å². The molecule has 2 rings (SSSR count). The molecule has 0 radical (unpaired) electrons. The molecule has 0 aromatic heterocycles. The van der Waals surface area contributed by atoms with Gasteiger partial charge in [0.15, 0.2) is 0 Å². The van der Waals surface area contributed by atoms with Gasteiger partial charge in [-0.25, -0.2) is 0 Å². The van der Waals surface area contributed by atoms with Gasteiger partial charge in [-0.3, -0.25) is 4.79 Å². The molecule has 1 fully saturated rings. The summed E-state index contributed by atoms with van der Waals surface area (Å²) in [4.78, 5) is 10.8. The first-order valence-corrected chi connectivity index (χ1v) is 5.52. The normalized spacial score (nSPS) is 17.4. The number of benzene rings is 1. The van der Waals surface area contributed by atoms with Crippen LogP contribution in [0.5, 0.6) is 0 Å². The second-order valence-corrected chi connectivity index (χ2v) is 4.53. The smallest absolute Gasteiger partial charge is 0.303 e. The fraction of sp³-hybridized carbons (Fsp3) is 0.417. The van der Waals surface area contributed by atoms with Crippen molar-refractivity contribution in [1.29, 1.82) is 0 Å². The number of rotatable bonds is 4. The summed E-state index contributed by atoms with van der Waals surface area (Å²) >= 11 is 5.80. The van der Waals surface area contributed by atoms with Gasteiger partial charge in [0, 0.05) is 5.02 Å². The van der Waals surface area contributed by atoms with Crippen LogP contribution in [0, 0.1) is 5.92 Å². The van der Waals surface area contributed by atoms with Crippen LogP contribution in [-0.4, -0.2) is 11.1 Å². The first-order valence-electron chi connectivity index (χ1n) is 5.14. The van der Waals surface area contributed by atoms with Crippen LogP contribution in [0.25, 0.3) is 0 Å². The van der Waals surface area contributed by atoms with E-state index in [2.05, 4.69) is 0 Å². The van der Waals surface area contributed by atoms with E-state index >= 15 is 0 Å². The van der Waals surface area contributed by atoms with E-state index in [-0.39, 0.29) is 12.3 Å². The zero-order valence-corrected chi connectivity index (χ0v) is 9.07. The van der Waals surface area contributed by atoms with Crippen LogP contribution >= 0.6 is 11.6 Å². The molecule has 0 unspecified atom stereocenters. The number of aliphatic carboxylic acids is 1. The largest absolute Gasteiger partial charge is 0.481 e. The molecule has 0 bridgehead atoms. The van der Waals surface area contributed by atoms with E-state index in [9.17, 15) is 4.79 Å². The first kappa shape index (κ1) is 10.5. The minimum Gasteiger partial charge on any atom is -0.481 e. The monoisotopic (exact) mass is 224 g/mol. The molecule has 1 aliphatic carbocycles. The lowest BCUT2D eigenvalue weighted by Crippen LogP contribution is -2.08. The molecule has 15 heavy (non-hydrogen) atoms. The molecule has 1 N–H and O–H groups in total. The SMILES string of the molecule is O=C(O)C[C@H](c1ccc(Cl)cc1)C1CC1. The molecule has 3 heteroatoms. The Morgan fingerprint density at radius 3 is 2.47 bits per heavy atom. The molecule has 2 nitrogen and oxygen atoms in total. The Labute approximate surface area is 93.9 Å². The van der Waals surface area contributed by atoms with Crippen LogP contribution in [0.2, 0.25) is 5.02 Å². The maximum atomic E-state index is 10.8. The van der Waals surface area contributed by atoms with Gasteiger partial charge in [0.05, 0.1) is 6.42 Å². The van der Waals surface area contributed by atoms with Gasteiger partial charge >= 0.3 is 5.97 Å². The Hall–Kier alpha value is -1.02. The van der Waals surface area contributed by atoms with Crippen molar-refractivity contribution < 1.29 is 9.90 Å². The predicted octanol–water partition coefficient (Wildman–Crippen LogP) is 3.31. The zero-order valence-electron chi connectivity index (χ0n) is 8.32. The molecule has 1 aromatic carbocycles. The van der Waals surface area contributed by atoms with Crippen LogP contribution in [0.3, 0.4) is 0 Å². The van der Waals surface area contributed by atoms with E-state index in [0.717, 1.165) is 18.4 Å². The van der Waals surface area contributed by atoms with Crippen molar-refractivity contribution in [2.75, 3.05) is 0 Å². The molecule has 1 aromatic rings. The van der Waals surface area contributed by atoms with Crippen LogP contribution in [0.1, 0.15) is 30.7 Å². The van der Waals surface area contributed by atoms with Gasteiger partial charge in [-0.1, -0.05) is 23.7 Å². The average Bonchev–Trinajstić information content (AvgIpc) is 2.99. The highest BCUT2D eigenvalue weighted by molar-refractivity contribution is 6.30. The number of carbonyl (C=O) groups is 1. The van der Waals surface area contributed by atoms with Crippen LogP contribution in [-0.2, 0) is 4.79 Å². The molecular formula is C12H13ClO2. The maximum absolute atomic E-state index is 10.8. The summed E-state index contributed by atoms with van der Waals surface area (Å²) in [5, 5.41) is 9.55. The summed E-state index contributed by atoms with van der Waals surface area (Å²) in [7, 11) is 0. The van der Waals surface area contributed by atoms with Crippen molar-refractivity contribution in [2.24, 2.45) is 5.92 Å². The van der Waals surface area contributed by atoms with Crippen molar-refractivity contribution >= 4 is 17.6 Å². The van der Waals surface area contributed by atoms with Crippen LogP contribution < -0.4 is 0 Å². The Kier molecular flexibility index (Phi) is 2.96. The van der Waals surface area contributed by atoms with Gasteiger partial charge < -0.3 is 5.11 Å². The number of halogens is 1. The van der Waals surface area contributed by atoms with E-state index < -0.39 is 5.97 Å².